The number of aryl methyl sites for hydroxylation is 1. The summed E-state index contributed by atoms with van der Waals surface area (Å²) in [6.45, 7) is 8.96. The summed E-state index contributed by atoms with van der Waals surface area (Å²) in [7, 11) is 0. The maximum atomic E-state index is 13.0. The molecule has 1 saturated heterocycles. The van der Waals surface area contributed by atoms with Gasteiger partial charge in [0.2, 0.25) is 5.89 Å². The summed E-state index contributed by atoms with van der Waals surface area (Å²) in [6, 6.07) is 7.29. The fraction of sp³-hybridized carbons (Fsp3) is 0.440. The Kier molecular flexibility index (Phi) is 6.99. The number of benzene rings is 1. The molecule has 12 nitrogen and oxygen atoms in total. The minimum atomic E-state index is -0.312. The lowest BCUT2D eigenvalue weighted by Gasteiger charge is -2.37. The van der Waals surface area contributed by atoms with E-state index in [2.05, 4.69) is 32.7 Å². The van der Waals surface area contributed by atoms with Gasteiger partial charge in [-0.05, 0) is 44.5 Å². The van der Waals surface area contributed by atoms with Crippen LogP contribution in [0.3, 0.4) is 0 Å². The van der Waals surface area contributed by atoms with Crippen LogP contribution in [-0.2, 0) is 17.7 Å². The third kappa shape index (κ3) is 5.24. The standard InChI is InChI=1S/C25H30N8O4/c1-4-26-25(35)27-18-7-5-17(6-8-18)21-28-20-13-32(24(34)23-31-30-16(3)37-23)10-9-19(20)22(29-21)33-11-12-36-14-15(33)2/h5-8,15H,4,9-14H2,1-3H3,(H2,26,27,35)/t15-/m0/s1. The fourth-order valence-electron chi connectivity index (χ4n) is 4.55. The first kappa shape index (κ1) is 24.6. The summed E-state index contributed by atoms with van der Waals surface area (Å²) < 4.78 is 11.0. The number of nitrogens with zero attached hydrogens (tertiary/aromatic N) is 6. The zero-order valence-corrected chi connectivity index (χ0v) is 21.2. The summed E-state index contributed by atoms with van der Waals surface area (Å²) in [4.78, 5) is 38.7. The molecule has 3 amide bonds. The van der Waals surface area contributed by atoms with E-state index in [0.717, 1.165) is 29.2 Å². The number of anilines is 2. The highest BCUT2D eigenvalue weighted by Crippen LogP contribution is 2.32. The maximum absolute atomic E-state index is 13.0. The molecule has 12 heteroatoms. The summed E-state index contributed by atoms with van der Waals surface area (Å²) in [5.74, 6) is 1.45. The quantitative estimate of drug-likeness (QED) is 0.534. The van der Waals surface area contributed by atoms with E-state index in [1.807, 2.05) is 31.2 Å². The van der Waals surface area contributed by atoms with Crippen LogP contribution in [-0.4, -0.2) is 75.9 Å². The molecule has 194 valence electrons. The number of amides is 3. The Balaban J connectivity index is 1.48. The van der Waals surface area contributed by atoms with Crippen molar-refractivity contribution >= 4 is 23.4 Å². The van der Waals surface area contributed by atoms with Gasteiger partial charge in [-0.15, -0.1) is 10.2 Å². The maximum Gasteiger partial charge on any atom is 0.319 e. The second-order valence-corrected chi connectivity index (χ2v) is 9.08. The largest absolute Gasteiger partial charge is 0.417 e. The smallest absolute Gasteiger partial charge is 0.319 e. The predicted molar refractivity (Wildman–Crippen MR) is 135 cm³/mol. The second-order valence-electron chi connectivity index (χ2n) is 9.08. The molecule has 1 atom stereocenters. The van der Waals surface area contributed by atoms with E-state index in [9.17, 15) is 9.59 Å². The van der Waals surface area contributed by atoms with Crippen LogP contribution in [0.1, 0.15) is 41.7 Å². The topological polar surface area (TPSA) is 139 Å². The molecule has 1 aromatic carbocycles. The zero-order valence-electron chi connectivity index (χ0n) is 21.2. The molecule has 3 aromatic rings. The van der Waals surface area contributed by atoms with Crippen molar-refractivity contribution in [2.24, 2.45) is 0 Å². The molecule has 0 spiro atoms. The van der Waals surface area contributed by atoms with Crippen LogP contribution in [0.4, 0.5) is 16.3 Å². The summed E-state index contributed by atoms with van der Waals surface area (Å²) in [5.41, 5.74) is 3.31. The number of nitrogens with one attached hydrogen (secondary N) is 2. The molecule has 0 aliphatic carbocycles. The van der Waals surface area contributed by atoms with Crippen molar-refractivity contribution in [2.75, 3.05) is 43.1 Å². The highest BCUT2D eigenvalue weighted by molar-refractivity contribution is 5.90. The first-order chi connectivity index (χ1) is 17.9. The van der Waals surface area contributed by atoms with Crippen molar-refractivity contribution in [1.29, 1.82) is 0 Å². The highest BCUT2D eigenvalue weighted by atomic mass is 16.5. The lowest BCUT2D eigenvalue weighted by molar-refractivity contribution is 0.0689. The average Bonchev–Trinajstić information content (AvgIpc) is 3.34. The van der Waals surface area contributed by atoms with Crippen LogP contribution < -0.4 is 15.5 Å². The van der Waals surface area contributed by atoms with Gasteiger partial charge in [0.15, 0.2) is 5.82 Å². The molecule has 1 fully saturated rings. The molecule has 2 aromatic heterocycles. The van der Waals surface area contributed by atoms with Gasteiger partial charge in [-0.3, -0.25) is 4.79 Å². The SMILES string of the molecule is CCNC(=O)Nc1ccc(-c2nc3c(c(N4CCOC[C@@H]4C)n2)CCN(C(=O)c2nnc(C)o2)C3)cc1. The van der Waals surface area contributed by atoms with Crippen LogP contribution >= 0.6 is 0 Å². The van der Waals surface area contributed by atoms with E-state index in [0.29, 0.717) is 56.7 Å². The Morgan fingerprint density at radius 1 is 1.14 bits per heavy atom. The highest BCUT2D eigenvalue weighted by Gasteiger charge is 2.32. The van der Waals surface area contributed by atoms with Crippen LogP contribution in [0.5, 0.6) is 0 Å². The molecular weight excluding hydrogens is 476 g/mol. The molecule has 5 rings (SSSR count). The molecular formula is C25H30N8O4. The Labute approximate surface area is 214 Å². The number of carbonyl (C=O) groups excluding carboxylic acids is 2. The average molecular weight is 507 g/mol. The van der Waals surface area contributed by atoms with Crippen LogP contribution in [0, 0.1) is 6.92 Å². The van der Waals surface area contributed by atoms with Crippen molar-refractivity contribution in [2.45, 2.75) is 39.8 Å². The van der Waals surface area contributed by atoms with E-state index in [1.165, 1.54) is 0 Å². The van der Waals surface area contributed by atoms with E-state index in [4.69, 9.17) is 19.1 Å². The lowest BCUT2D eigenvalue weighted by atomic mass is 10.0. The first-order valence-electron chi connectivity index (χ1n) is 12.4. The summed E-state index contributed by atoms with van der Waals surface area (Å²) in [6.07, 6.45) is 0.614. The van der Waals surface area contributed by atoms with Gasteiger partial charge in [-0.1, -0.05) is 0 Å². The predicted octanol–water partition coefficient (Wildman–Crippen LogP) is 2.40. The molecule has 0 radical (unpaired) electrons. The minimum absolute atomic E-state index is 0.0209. The number of hydrogen-bond acceptors (Lipinski definition) is 9. The van der Waals surface area contributed by atoms with Gasteiger partial charge < -0.3 is 29.6 Å². The number of aromatic nitrogens is 4. The monoisotopic (exact) mass is 506 g/mol. The van der Waals surface area contributed by atoms with Crippen LogP contribution in [0.2, 0.25) is 0 Å². The van der Waals surface area contributed by atoms with Crippen molar-refractivity contribution in [1.82, 2.24) is 30.4 Å². The molecule has 0 unspecified atom stereocenters. The van der Waals surface area contributed by atoms with Gasteiger partial charge in [-0.2, -0.15) is 0 Å². The van der Waals surface area contributed by atoms with E-state index in [1.54, 1.807) is 11.8 Å². The van der Waals surface area contributed by atoms with E-state index >= 15 is 0 Å². The first-order valence-corrected chi connectivity index (χ1v) is 12.4. The van der Waals surface area contributed by atoms with Crippen molar-refractivity contribution in [3.63, 3.8) is 0 Å². The number of rotatable bonds is 5. The molecule has 2 aliphatic heterocycles. The van der Waals surface area contributed by atoms with Crippen molar-refractivity contribution < 1.29 is 18.7 Å². The molecule has 2 aliphatic rings. The normalized spacial score (nSPS) is 17.3. The molecule has 2 N–H and O–H groups in total. The lowest BCUT2D eigenvalue weighted by Crippen LogP contribution is -2.46. The number of ether oxygens (including phenoxy) is 1. The van der Waals surface area contributed by atoms with Gasteiger partial charge in [0.05, 0.1) is 31.5 Å². The number of hydrogen-bond donors (Lipinski definition) is 2. The number of urea groups is 1. The third-order valence-electron chi connectivity index (χ3n) is 6.42. The number of carbonyl (C=O) groups is 2. The molecule has 0 saturated carbocycles. The zero-order chi connectivity index (χ0) is 25.9. The Morgan fingerprint density at radius 2 is 1.95 bits per heavy atom. The van der Waals surface area contributed by atoms with Crippen LogP contribution in [0.25, 0.3) is 11.4 Å². The van der Waals surface area contributed by atoms with Gasteiger partial charge >= 0.3 is 17.8 Å². The van der Waals surface area contributed by atoms with Crippen molar-refractivity contribution in [3.8, 4) is 11.4 Å². The summed E-state index contributed by atoms with van der Waals surface area (Å²) >= 11 is 0. The Bertz CT molecular complexity index is 1290. The number of fused-ring (bicyclic) bond motifs is 1. The van der Waals surface area contributed by atoms with E-state index < -0.39 is 0 Å². The molecule has 4 heterocycles. The van der Waals surface area contributed by atoms with Crippen molar-refractivity contribution in [3.05, 3.63) is 47.3 Å². The Morgan fingerprint density at radius 3 is 2.65 bits per heavy atom. The summed E-state index contributed by atoms with van der Waals surface area (Å²) in [5, 5.41) is 13.2. The van der Waals surface area contributed by atoms with Gasteiger partial charge in [0.25, 0.3) is 0 Å². The van der Waals surface area contributed by atoms with Crippen LogP contribution in [0.15, 0.2) is 28.7 Å². The number of morpholine rings is 1. The van der Waals surface area contributed by atoms with Gasteiger partial charge in [0, 0.05) is 43.4 Å². The molecule has 0 bridgehead atoms. The third-order valence-corrected chi connectivity index (χ3v) is 6.42. The van der Waals surface area contributed by atoms with Gasteiger partial charge in [0.1, 0.15) is 5.82 Å². The second kappa shape index (κ2) is 10.5. The Hall–Kier alpha value is -4.06. The minimum Gasteiger partial charge on any atom is -0.417 e. The molecule has 37 heavy (non-hydrogen) atoms. The van der Waals surface area contributed by atoms with Gasteiger partial charge in [-0.25, -0.2) is 14.8 Å². The fourth-order valence-corrected chi connectivity index (χ4v) is 4.55. The van der Waals surface area contributed by atoms with E-state index in [-0.39, 0.29) is 23.9 Å².